The lowest BCUT2D eigenvalue weighted by molar-refractivity contribution is -0.316. The van der Waals surface area contributed by atoms with Crippen molar-refractivity contribution in [1.29, 1.82) is 0 Å². The molecule has 9 atom stereocenters. The summed E-state index contributed by atoms with van der Waals surface area (Å²) in [6, 6.07) is 0. The molecule has 2 heterocycles. The zero-order valence-corrected chi connectivity index (χ0v) is 24.8. The fraction of sp³-hybridized carbons (Fsp3) is 0.731. The molecule has 2 aliphatic heterocycles. The van der Waals surface area contributed by atoms with E-state index in [1.54, 1.807) is 0 Å². The molecule has 0 bridgehead atoms. The maximum absolute atomic E-state index is 12.0. The number of rotatable bonds is 11. The van der Waals surface area contributed by atoms with Crippen molar-refractivity contribution in [1.82, 2.24) is 0 Å². The second-order valence-corrected chi connectivity index (χ2v) is 9.57. The van der Waals surface area contributed by atoms with E-state index in [9.17, 15) is 33.6 Å². The van der Waals surface area contributed by atoms with Crippen molar-refractivity contribution in [3.63, 3.8) is 0 Å². The fourth-order valence-electron chi connectivity index (χ4n) is 4.47. The molecule has 0 aromatic heterocycles. The van der Waals surface area contributed by atoms with Crippen LogP contribution in [0.3, 0.4) is 0 Å². The SMILES string of the molecule is CC(=O)OCC1OC(OCC2OCC(OC(C)=O)C(OC(C)=O)C2OC(C)=O)C(OC(C)=O)C(OC(C)=O)C1OC(C)=O. The van der Waals surface area contributed by atoms with Crippen LogP contribution >= 0.6 is 0 Å². The van der Waals surface area contributed by atoms with Gasteiger partial charge in [-0.1, -0.05) is 0 Å². The van der Waals surface area contributed by atoms with Crippen LogP contribution in [0.2, 0.25) is 0 Å². The van der Waals surface area contributed by atoms with E-state index < -0.39 is 110 Å². The van der Waals surface area contributed by atoms with Gasteiger partial charge in [-0.05, 0) is 0 Å². The first-order valence-corrected chi connectivity index (χ1v) is 13.1. The summed E-state index contributed by atoms with van der Waals surface area (Å²) >= 11 is 0. The van der Waals surface area contributed by atoms with Gasteiger partial charge in [-0.25, -0.2) is 0 Å². The Morgan fingerprint density at radius 2 is 0.953 bits per heavy atom. The molecule has 242 valence electrons. The molecule has 0 aromatic rings. The predicted octanol–water partition coefficient (Wildman–Crippen LogP) is -0.720. The normalized spacial score (nSPS) is 30.2. The standard InChI is InChI=1S/C26H36O17/c1-11(27)34-9-20-23(40-15(5)31)24(41-16(6)32)25(42-17(7)33)26(43-20)36-8-18-21(38-13(3)29)22(39-14(4)30)19(10-35-18)37-12(2)28/h18-26H,8-10H2,1-7H3. The molecule has 17 heteroatoms. The molecule has 0 spiro atoms. The van der Waals surface area contributed by atoms with E-state index in [1.807, 2.05) is 0 Å². The van der Waals surface area contributed by atoms with E-state index >= 15 is 0 Å². The number of esters is 7. The van der Waals surface area contributed by atoms with Crippen LogP contribution < -0.4 is 0 Å². The van der Waals surface area contributed by atoms with Crippen molar-refractivity contribution in [3.05, 3.63) is 0 Å². The lowest BCUT2D eigenvalue weighted by atomic mass is 9.97. The molecule has 0 radical (unpaired) electrons. The fourth-order valence-corrected chi connectivity index (χ4v) is 4.47. The molecule has 9 unspecified atom stereocenters. The molecule has 0 saturated carbocycles. The number of ether oxygens (including phenoxy) is 10. The van der Waals surface area contributed by atoms with Gasteiger partial charge >= 0.3 is 41.8 Å². The van der Waals surface area contributed by atoms with Gasteiger partial charge in [0, 0.05) is 48.5 Å². The summed E-state index contributed by atoms with van der Waals surface area (Å²) in [4.78, 5) is 82.9. The topological polar surface area (TPSA) is 212 Å². The second kappa shape index (κ2) is 16.1. The third kappa shape index (κ3) is 11.1. The summed E-state index contributed by atoms with van der Waals surface area (Å²) < 4.78 is 54.4. The first-order chi connectivity index (χ1) is 20.1. The summed E-state index contributed by atoms with van der Waals surface area (Å²) in [5.74, 6) is -5.44. The van der Waals surface area contributed by atoms with Crippen LogP contribution in [0, 0.1) is 0 Å². The van der Waals surface area contributed by atoms with Crippen molar-refractivity contribution in [2.75, 3.05) is 19.8 Å². The molecule has 2 saturated heterocycles. The Bertz CT molecular complexity index is 1060. The highest BCUT2D eigenvalue weighted by molar-refractivity contribution is 5.69. The van der Waals surface area contributed by atoms with Crippen molar-refractivity contribution < 1.29 is 80.9 Å². The summed E-state index contributed by atoms with van der Waals surface area (Å²) in [7, 11) is 0. The second-order valence-electron chi connectivity index (χ2n) is 9.57. The maximum atomic E-state index is 12.0. The van der Waals surface area contributed by atoms with Gasteiger partial charge in [-0.15, -0.1) is 0 Å². The Balaban J connectivity index is 2.43. The summed E-state index contributed by atoms with van der Waals surface area (Å²) in [5.41, 5.74) is 0. The Labute approximate surface area is 246 Å². The van der Waals surface area contributed by atoms with Crippen LogP contribution in [0.15, 0.2) is 0 Å². The molecule has 2 aliphatic rings. The average Bonchev–Trinajstić information content (AvgIpc) is 2.85. The molecule has 17 nitrogen and oxygen atoms in total. The summed E-state index contributed by atoms with van der Waals surface area (Å²) in [5, 5.41) is 0. The zero-order valence-electron chi connectivity index (χ0n) is 24.8. The number of carbonyl (C=O) groups is 7. The Morgan fingerprint density at radius 1 is 0.512 bits per heavy atom. The quantitative estimate of drug-likeness (QED) is 0.206. The minimum Gasteiger partial charge on any atom is -0.463 e. The van der Waals surface area contributed by atoms with E-state index in [0.717, 1.165) is 48.5 Å². The van der Waals surface area contributed by atoms with Crippen molar-refractivity contribution in [2.45, 2.75) is 104 Å². The van der Waals surface area contributed by atoms with E-state index in [0.29, 0.717) is 0 Å². The van der Waals surface area contributed by atoms with E-state index in [1.165, 1.54) is 0 Å². The zero-order chi connectivity index (χ0) is 32.4. The largest absolute Gasteiger partial charge is 0.463 e. The first kappa shape index (κ1) is 35.4. The molecule has 2 fully saturated rings. The molecule has 0 aliphatic carbocycles. The van der Waals surface area contributed by atoms with Crippen molar-refractivity contribution in [2.24, 2.45) is 0 Å². The molecule has 43 heavy (non-hydrogen) atoms. The molecular formula is C26H36O17. The van der Waals surface area contributed by atoms with Gasteiger partial charge in [0.05, 0.1) is 13.2 Å². The minimum atomic E-state index is -1.56. The van der Waals surface area contributed by atoms with Crippen LogP contribution in [0.5, 0.6) is 0 Å². The van der Waals surface area contributed by atoms with Gasteiger partial charge in [-0.2, -0.15) is 0 Å². The van der Waals surface area contributed by atoms with Gasteiger partial charge < -0.3 is 47.4 Å². The van der Waals surface area contributed by atoms with Gasteiger partial charge in [0.2, 0.25) is 0 Å². The number of hydrogen-bond acceptors (Lipinski definition) is 17. The third-order valence-corrected chi connectivity index (χ3v) is 5.83. The highest BCUT2D eigenvalue weighted by Gasteiger charge is 2.54. The smallest absolute Gasteiger partial charge is 0.303 e. The van der Waals surface area contributed by atoms with E-state index in [4.69, 9.17) is 47.4 Å². The molecule has 0 amide bonds. The molecule has 2 rings (SSSR count). The van der Waals surface area contributed by atoms with Gasteiger partial charge in [0.1, 0.15) is 18.8 Å². The Hall–Kier alpha value is -3.83. The van der Waals surface area contributed by atoms with Gasteiger partial charge in [0.25, 0.3) is 0 Å². The van der Waals surface area contributed by atoms with Gasteiger partial charge in [-0.3, -0.25) is 33.6 Å². The monoisotopic (exact) mass is 620 g/mol. The molecule has 0 aromatic carbocycles. The average molecular weight is 621 g/mol. The third-order valence-electron chi connectivity index (χ3n) is 5.83. The number of carbonyl (C=O) groups excluding carboxylic acids is 7. The summed E-state index contributed by atoms with van der Waals surface area (Å²) in [6.45, 7) is 6.42. The molecular weight excluding hydrogens is 584 g/mol. The lowest BCUT2D eigenvalue weighted by Gasteiger charge is -2.45. The van der Waals surface area contributed by atoms with Crippen LogP contribution in [0.4, 0.5) is 0 Å². The van der Waals surface area contributed by atoms with Crippen LogP contribution in [0.25, 0.3) is 0 Å². The van der Waals surface area contributed by atoms with Crippen molar-refractivity contribution in [3.8, 4) is 0 Å². The van der Waals surface area contributed by atoms with Crippen molar-refractivity contribution >= 4 is 41.8 Å². The highest BCUT2D eigenvalue weighted by atomic mass is 16.7. The minimum absolute atomic E-state index is 0.290. The first-order valence-electron chi connectivity index (χ1n) is 13.1. The van der Waals surface area contributed by atoms with Gasteiger partial charge in [0.15, 0.2) is 42.9 Å². The lowest BCUT2D eigenvalue weighted by Crippen LogP contribution is -2.63. The van der Waals surface area contributed by atoms with Crippen LogP contribution in [0.1, 0.15) is 48.5 Å². The Morgan fingerprint density at radius 3 is 1.44 bits per heavy atom. The summed E-state index contributed by atoms with van der Waals surface area (Å²) in [6.07, 6.45) is -12.2. The van der Waals surface area contributed by atoms with E-state index in [2.05, 4.69) is 0 Å². The Kier molecular flexibility index (Phi) is 13.3. The maximum Gasteiger partial charge on any atom is 0.303 e. The highest BCUT2D eigenvalue weighted by Crippen LogP contribution is 2.31. The number of hydrogen-bond donors (Lipinski definition) is 0. The van der Waals surface area contributed by atoms with Crippen LogP contribution in [-0.2, 0) is 80.9 Å². The van der Waals surface area contributed by atoms with Crippen LogP contribution in [-0.4, -0.2) is 117 Å². The van der Waals surface area contributed by atoms with E-state index in [-0.39, 0.29) is 6.61 Å². The predicted molar refractivity (Wildman–Crippen MR) is 134 cm³/mol. The molecule has 0 N–H and O–H groups in total.